The molecule has 1 fully saturated rings. The molecule has 8 heteroatoms. The number of carbonyl (C=O) groups excluding carboxylic acids is 1. The minimum atomic E-state index is -0.503. The molecule has 126 valence electrons. The number of pyridine rings is 1. The molecule has 1 amide bonds. The van der Waals surface area contributed by atoms with Crippen LogP contribution in [0.15, 0.2) is 23.4 Å². The Morgan fingerprint density at radius 2 is 2.09 bits per heavy atom. The number of likely N-dealkylation sites (tertiary alicyclic amines) is 1. The third-order valence-corrected chi connectivity index (χ3v) is 4.66. The Hall–Kier alpha value is -1.83. The van der Waals surface area contributed by atoms with E-state index in [1.807, 2.05) is 20.8 Å². The summed E-state index contributed by atoms with van der Waals surface area (Å²) in [4.78, 5) is 28.4. The van der Waals surface area contributed by atoms with Crippen LogP contribution in [-0.2, 0) is 4.74 Å². The normalized spacial score (nSPS) is 16.2. The Balaban J connectivity index is 1.91. The molecule has 1 aromatic rings. The minimum absolute atomic E-state index is 0.0343. The predicted molar refractivity (Wildman–Crippen MR) is 87.6 cm³/mol. The summed E-state index contributed by atoms with van der Waals surface area (Å²) < 4.78 is 5.36. The van der Waals surface area contributed by atoms with Crippen molar-refractivity contribution in [3.05, 3.63) is 28.4 Å². The highest BCUT2D eigenvalue weighted by Gasteiger charge is 2.28. The SMILES string of the molecule is CC(C)(C)OC(=O)N1CCC(Sc2ncccc2[N+](=O)[O-])CC1. The third kappa shape index (κ3) is 5.09. The van der Waals surface area contributed by atoms with Crippen LogP contribution in [0, 0.1) is 10.1 Å². The van der Waals surface area contributed by atoms with Gasteiger partial charge in [0.15, 0.2) is 5.03 Å². The first-order chi connectivity index (χ1) is 10.8. The van der Waals surface area contributed by atoms with E-state index < -0.39 is 10.5 Å². The van der Waals surface area contributed by atoms with Crippen LogP contribution in [0.3, 0.4) is 0 Å². The third-order valence-electron chi connectivity index (χ3n) is 3.32. The van der Waals surface area contributed by atoms with Crippen molar-refractivity contribution in [2.45, 2.75) is 49.5 Å². The molecule has 1 saturated heterocycles. The molecule has 7 nitrogen and oxygen atoms in total. The molecule has 2 heterocycles. The van der Waals surface area contributed by atoms with Gasteiger partial charge >= 0.3 is 11.8 Å². The first kappa shape index (κ1) is 17.5. The van der Waals surface area contributed by atoms with E-state index in [2.05, 4.69) is 4.98 Å². The molecule has 1 aromatic heterocycles. The largest absolute Gasteiger partial charge is 0.444 e. The van der Waals surface area contributed by atoms with E-state index in [-0.39, 0.29) is 17.0 Å². The summed E-state index contributed by atoms with van der Waals surface area (Å²) in [6.45, 7) is 6.70. The molecule has 1 aliphatic heterocycles. The van der Waals surface area contributed by atoms with Gasteiger partial charge < -0.3 is 9.64 Å². The number of hydrogen-bond acceptors (Lipinski definition) is 6. The molecule has 0 aromatic carbocycles. The number of thioether (sulfide) groups is 1. The van der Waals surface area contributed by atoms with Crippen LogP contribution in [0.5, 0.6) is 0 Å². The van der Waals surface area contributed by atoms with Gasteiger partial charge in [-0.3, -0.25) is 10.1 Å². The van der Waals surface area contributed by atoms with Gasteiger partial charge in [-0.2, -0.15) is 0 Å². The summed E-state index contributed by atoms with van der Waals surface area (Å²) >= 11 is 1.41. The number of carbonyl (C=O) groups is 1. The van der Waals surface area contributed by atoms with Crippen molar-refractivity contribution in [3.63, 3.8) is 0 Å². The van der Waals surface area contributed by atoms with E-state index in [0.29, 0.717) is 18.1 Å². The first-order valence-corrected chi connectivity index (χ1v) is 8.38. The van der Waals surface area contributed by atoms with Crippen molar-refractivity contribution < 1.29 is 14.5 Å². The molecule has 0 saturated carbocycles. The topological polar surface area (TPSA) is 85.6 Å². The van der Waals surface area contributed by atoms with E-state index in [1.54, 1.807) is 17.2 Å². The molecule has 0 atom stereocenters. The Morgan fingerprint density at radius 1 is 1.43 bits per heavy atom. The lowest BCUT2D eigenvalue weighted by atomic mass is 10.1. The fraction of sp³-hybridized carbons (Fsp3) is 0.600. The molecule has 23 heavy (non-hydrogen) atoms. The van der Waals surface area contributed by atoms with Gasteiger partial charge in [-0.1, -0.05) is 11.8 Å². The maximum absolute atomic E-state index is 12.0. The zero-order valence-electron chi connectivity index (χ0n) is 13.5. The summed E-state index contributed by atoms with van der Waals surface area (Å²) in [7, 11) is 0. The summed E-state index contributed by atoms with van der Waals surface area (Å²) in [6, 6.07) is 3.03. The van der Waals surface area contributed by atoms with E-state index >= 15 is 0 Å². The van der Waals surface area contributed by atoms with Gasteiger partial charge in [-0.05, 0) is 39.7 Å². The number of nitro groups is 1. The Kier molecular flexibility index (Phi) is 5.46. The zero-order chi connectivity index (χ0) is 17.0. The van der Waals surface area contributed by atoms with Gasteiger partial charge in [0.1, 0.15) is 5.60 Å². The van der Waals surface area contributed by atoms with E-state index in [0.717, 1.165) is 12.8 Å². The van der Waals surface area contributed by atoms with Crippen LogP contribution < -0.4 is 0 Å². The van der Waals surface area contributed by atoms with Gasteiger partial charge in [-0.25, -0.2) is 9.78 Å². The van der Waals surface area contributed by atoms with Crippen LogP contribution in [0.1, 0.15) is 33.6 Å². The molecule has 0 aliphatic carbocycles. The highest BCUT2D eigenvalue weighted by molar-refractivity contribution is 8.00. The Morgan fingerprint density at radius 3 is 2.65 bits per heavy atom. The smallest absolute Gasteiger partial charge is 0.410 e. The number of piperidine rings is 1. The molecule has 1 aliphatic rings. The minimum Gasteiger partial charge on any atom is -0.444 e. The summed E-state index contributed by atoms with van der Waals surface area (Å²) in [5.74, 6) is 0. The van der Waals surface area contributed by atoms with Crippen molar-refractivity contribution in [1.29, 1.82) is 0 Å². The molecule has 0 unspecified atom stereocenters. The van der Waals surface area contributed by atoms with Gasteiger partial charge in [-0.15, -0.1) is 0 Å². The van der Waals surface area contributed by atoms with Gasteiger partial charge in [0.25, 0.3) is 0 Å². The summed E-state index contributed by atoms with van der Waals surface area (Å²) in [6.07, 6.45) is 2.78. The Labute approximate surface area is 139 Å². The van der Waals surface area contributed by atoms with Crippen LogP contribution in [0.25, 0.3) is 0 Å². The van der Waals surface area contributed by atoms with Crippen molar-refractivity contribution in [3.8, 4) is 0 Å². The van der Waals surface area contributed by atoms with Gasteiger partial charge in [0, 0.05) is 30.6 Å². The predicted octanol–water partition coefficient (Wildman–Crippen LogP) is 3.48. The lowest BCUT2D eigenvalue weighted by Gasteiger charge is -2.33. The number of amides is 1. The van der Waals surface area contributed by atoms with Crippen molar-refractivity contribution >= 4 is 23.5 Å². The highest BCUT2D eigenvalue weighted by Crippen LogP contribution is 2.34. The molecule has 2 rings (SSSR count). The molecule has 0 radical (unpaired) electrons. The molecule has 0 N–H and O–H groups in total. The molecular weight excluding hydrogens is 318 g/mol. The van der Waals surface area contributed by atoms with Crippen molar-refractivity contribution in [2.24, 2.45) is 0 Å². The van der Waals surface area contributed by atoms with Crippen LogP contribution in [0.2, 0.25) is 0 Å². The summed E-state index contributed by atoms with van der Waals surface area (Å²) in [5.41, 5.74) is -0.468. The standard InChI is InChI=1S/C15H21N3O4S/c1-15(2,3)22-14(19)17-9-6-11(7-10-17)23-13-12(18(20)21)5-4-8-16-13/h4-5,8,11H,6-7,9-10H2,1-3H3. The second kappa shape index (κ2) is 7.16. The van der Waals surface area contributed by atoms with Crippen LogP contribution in [-0.4, -0.2) is 44.8 Å². The molecular formula is C15H21N3O4S. The molecule has 0 spiro atoms. The summed E-state index contributed by atoms with van der Waals surface area (Å²) in [5, 5.41) is 11.7. The average Bonchev–Trinajstić information content (AvgIpc) is 2.46. The van der Waals surface area contributed by atoms with Crippen molar-refractivity contribution in [2.75, 3.05) is 13.1 Å². The maximum Gasteiger partial charge on any atom is 0.410 e. The zero-order valence-corrected chi connectivity index (χ0v) is 14.3. The number of nitrogens with zero attached hydrogens (tertiary/aromatic N) is 3. The average molecular weight is 339 g/mol. The van der Waals surface area contributed by atoms with Crippen LogP contribution in [0.4, 0.5) is 10.5 Å². The number of ether oxygens (including phenoxy) is 1. The van der Waals surface area contributed by atoms with E-state index in [1.165, 1.54) is 17.8 Å². The fourth-order valence-corrected chi connectivity index (χ4v) is 3.40. The lowest BCUT2D eigenvalue weighted by Crippen LogP contribution is -2.42. The number of rotatable bonds is 3. The monoisotopic (exact) mass is 339 g/mol. The van der Waals surface area contributed by atoms with E-state index in [9.17, 15) is 14.9 Å². The fourth-order valence-electron chi connectivity index (χ4n) is 2.25. The molecule has 0 bridgehead atoms. The number of aromatic nitrogens is 1. The quantitative estimate of drug-likeness (QED) is 0.619. The second-order valence-corrected chi connectivity index (χ2v) is 7.66. The van der Waals surface area contributed by atoms with Gasteiger partial charge in [0.2, 0.25) is 0 Å². The lowest BCUT2D eigenvalue weighted by molar-refractivity contribution is -0.388. The van der Waals surface area contributed by atoms with Gasteiger partial charge in [0.05, 0.1) is 4.92 Å². The van der Waals surface area contributed by atoms with Crippen LogP contribution >= 0.6 is 11.8 Å². The Bertz CT molecular complexity index is 580. The number of hydrogen-bond donors (Lipinski definition) is 0. The first-order valence-electron chi connectivity index (χ1n) is 7.50. The second-order valence-electron chi connectivity index (χ2n) is 6.37. The van der Waals surface area contributed by atoms with Crippen molar-refractivity contribution in [1.82, 2.24) is 9.88 Å². The van der Waals surface area contributed by atoms with E-state index in [4.69, 9.17) is 4.74 Å². The highest BCUT2D eigenvalue weighted by atomic mass is 32.2. The maximum atomic E-state index is 12.0.